The molecular weight excluding hydrogens is 396 g/mol. The van der Waals surface area contributed by atoms with Crippen molar-refractivity contribution in [2.24, 2.45) is 0 Å². The summed E-state index contributed by atoms with van der Waals surface area (Å²) in [6.45, 7) is 6.24. The maximum absolute atomic E-state index is 12.0. The van der Waals surface area contributed by atoms with Crippen LogP contribution in [0.4, 0.5) is 5.13 Å². The topological polar surface area (TPSA) is 66.9 Å². The number of thioether (sulfide) groups is 1. The van der Waals surface area contributed by atoms with E-state index in [2.05, 4.69) is 43.3 Å². The lowest BCUT2D eigenvalue weighted by atomic mass is 10.1. The van der Waals surface area contributed by atoms with Crippen LogP contribution in [0.25, 0.3) is 0 Å². The monoisotopic (exact) mass is 412 g/mol. The molecule has 0 saturated carbocycles. The van der Waals surface area contributed by atoms with Crippen LogP contribution in [0, 0.1) is 0 Å². The number of hydrogen-bond donors (Lipinski definition) is 2. The Kier molecular flexibility index (Phi) is 7.07. The SMILES string of the molecule is C=CCNc1nnc(SCC(=O)NC(C)c2ccc(Br)cc2)s1. The average Bonchev–Trinajstić information content (AvgIpc) is 2.99. The van der Waals surface area contributed by atoms with Gasteiger partial charge in [-0.15, -0.1) is 16.8 Å². The molecule has 0 saturated heterocycles. The number of benzene rings is 1. The van der Waals surface area contributed by atoms with E-state index in [1.807, 2.05) is 31.2 Å². The Morgan fingerprint density at radius 1 is 1.43 bits per heavy atom. The normalized spacial score (nSPS) is 11.7. The first-order valence-electron chi connectivity index (χ1n) is 6.94. The summed E-state index contributed by atoms with van der Waals surface area (Å²) in [5.74, 6) is 0.290. The molecular formula is C15H17BrN4OS2. The van der Waals surface area contributed by atoms with Crippen molar-refractivity contribution in [1.82, 2.24) is 15.5 Å². The molecule has 0 bridgehead atoms. The summed E-state index contributed by atoms with van der Waals surface area (Å²) in [6, 6.07) is 7.88. The maximum Gasteiger partial charge on any atom is 0.230 e. The van der Waals surface area contributed by atoms with Gasteiger partial charge >= 0.3 is 0 Å². The minimum atomic E-state index is -0.0320. The van der Waals surface area contributed by atoms with Crippen molar-refractivity contribution < 1.29 is 4.79 Å². The van der Waals surface area contributed by atoms with Gasteiger partial charge in [0.25, 0.3) is 0 Å². The Hall–Kier alpha value is -1.38. The van der Waals surface area contributed by atoms with Crippen molar-refractivity contribution in [2.45, 2.75) is 17.3 Å². The van der Waals surface area contributed by atoms with E-state index in [0.29, 0.717) is 12.3 Å². The molecule has 1 aromatic carbocycles. The summed E-state index contributed by atoms with van der Waals surface area (Å²) in [6.07, 6.45) is 1.76. The highest BCUT2D eigenvalue weighted by molar-refractivity contribution is 9.10. The van der Waals surface area contributed by atoms with Crippen LogP contribution < -0.4 is 10.6 Å². The Bertz CT molecular complexity index is 660. The zero-order valence-corrected chi connectivity index (χ0v) is 15.8. The van der Waals surface area contributed by atoms with Crippen molar-refractivity contribution in [3.8, 4) is 0 Å². The Balaban J connectivity index is 1.79. The Morgan fingerprint density at radius 2 is 2.17 bits per heavy atom. The smallest absolute Gasteiger partial charge is 0.230 e. The highest BCUT2D eigenvalue weighted by Crippen LogP contribution is 2.25. The summed E-state index contributed by atoms with van der Waals surface area (Å²) >= 11 is 6.21. The molecule has 122 valence electrons. The van der Waals surface area contributed by atoms with Gasteiger partial charge in [0.1, 0.15) is 0 Å². The second kappa shape index (κ2) is 9.05. The Labute approximate surface area is 152 Å². The third-order valence-corrected chi connectivity index (χ3v) is 5.42. The summed E-state index contributed by atoms with van der Waals surface area (Å²) in [5, 5.41) is 14.8. The molecule has 0 aliphatic heterocycles. The molecule has 0 aliphatic carbocycles. The first-order chi connectivity index (χ1) is 11.1. The minimum Gasteiger partial charge on any atom is -0.357 e. The van der Waals surface area contributed by atoms with Crippen LogP contribution in [0.3, 0.4) is 0 Å². The van der Waals surface area contributed by atoms with E-state index in [-0.39, 0.29) is 11.9 Å². The second-order valence-electron chi connectivity index (χ2n) is 4.67. The number of halogens is 1. The molecule has 8 heteroatoms. The highest BCUT2D eigenvalue weighted by atomic mass is 79.9. The van der Waals surface area contributed by atoms with Crippen LogP contribution in [-0.4, -0.2) is 28.4 Å². The van der Waals surface area contributed by atoms with E-state index < -0.39 is 0 Å². The third-order valence-electron chi connectivity index (χ3n) is 2.88. The van der Waals surface area contributed by atoms with Crippen LogP contribution >= 0.6 is 39.0 Å². The van der Waals surface area contributed by atoms with Crippen molar-refractivity contribution >= 4 is 50.1 Å². The standard InChI is InChI=1S/C15H17BrN4OS2/c1-3-8-17-14-19-20-15(23-14)22-9-13(21)18-10(2)11-4-6-12(16)7-5-11/h3-7,10H,1,8-9H2,2H3,(H,17,19)(H,18,21). The number of carbonyl (C=O) groups excluding carboxylic acids is 1. The predicted octanol–water partition coefficient (Wildman–Crippen LogP) is 3.87. The van der Waals surface area contributed by atoms with Crippen LogP contribution in [0.5, 0.6) is 0 Å². The fourth-order valence-electron chi connectivity index (χ4n) is 1.74. The summed E-state index contributed by atoms with van der Waals surface area (Å²) in [7, 11) is 0. The van der Waals surface area contributed by atoms with Crippen molar-refractivity contribution in [2.75, 3.05) is 17.6 Å². The summed E-state index contributed by atoms with van der Waals surface area (Å²) in [4.78, 5) is 12.0. The van der Waals surface area contributed by atoms with Crippen molar-refractivity contribution in [3.05, 3.63) is 47.0 Å². The van der Waals surface area contributed by atoms with Crippen LogP contribution in [0.1, 0.15) is 18.5 Å². The van der Waals surface area contributed by atoms with E-state index in [9.17, 15) is 4.79 Å². The van der Waals surface area contributed by atoms with E-state index in [4.69, 9.17) is 0 Å². The van der Waals surface area contributed by atoms with Crippen molar-refractivity contribution in [3.63, 3.8) is 0 Å². The lowest BCUT2D eigenvalue weighted by molar-refractivity contribution is -0.119. The van der Waals surface area contributed by atoms with Gasteiger partial charge in [-0.1, -0.05) is 57.2 Å². The van der Waals surface area contributed by atoms with Gasteiger partial charge in [-0.3, -0.25) is 4.79 Å². The second-order valence-corrected chi connectivity index (χ2v) is 7.79. The lowest BCUT2D eigenvalue weighted by Crippen LogP contribution is -2.28. The molecule has 0 radical (unpaired) electrons. The first kappa shape index (κ1) is 18.0. The maximum atomic E-state index is 12.0. The number of rotatable bonds is 8. The molecule has 1 aromatic heterocycles. The number of nitrogens with one attached hydrogen (secondary N) is 2. The Morgan fingerprint density at radius 3 is 2.87 bits per heavy atom. The van der Waals surface area contributed by atoms with E-state index in [1.165, 1.54) is 23.1 Å². The number of anilines is 1. The number of hydrogen-bond acceptors (Lipinski definition) is 6. The molecule has 1 atom stereocenters. The van der Waals surface area contributed by atoms with Gasteiger partial charge in [-0.25, -0.2) is 0 Å². The lowest BCUT2D eigenvalue weighted by Gasteiger charge is -2.14. The van der Waals surface area contributed by atoms with Crippen LogP contribution in [-0.2, 0) is 4.79 Å². The molecule has 1 amide bonds. The van der Waals surface area contributed by atoms with Crippen LogP contribution in [0.15, 0.2) is 45.7 Å². The molecule has 0 spiro atoms. The molecule has 2 N–H and O–H groups in total. The van der Waals surface area contributed by atoms with Crippen molar-refractivity contribution in [1.29, 1.82) is 0 Å². The molecule has 2 aromatic rings. The van der Waals surface area contributed by atoms with Gasteiger partial charge in [0.05, 0.1) is 11.8 Å². The average molecular weight is 413 g/mol. The minimum absolute atomic E-state index is 0.0266. The van der Waals surface area contributed by atoms with Gasteiger partial charge in [-0.05, 0) is 24.6 Å². The number of aromatic nitrogens is 2. The van der Waals surface area contributed by atoms with Gasteiger partial charge < -0.3 is 10.6 Å². The third kappa shape index (κ3) is 5.96. The van der Waals surface area contributed by atoms with Gasteiger partial charge in [-0.2, -0.15) is 0 Å². The van der Waals surface area contributed by atoms with Gasteiger partial charge in [0.2, 0.25) is 11.0 Å². The van der Waals surface area contributed by atoms with E-state index in [1.54, 1.807) is 6.08 Å². The summed E-state index contributed by atoms with van der Waals surface area (Å²) < 4.78 is 1.79. The van der Waals surface area contributed by atoms with E-state index >= 15 is 0 Å². The van der Waals surface area contributed by atoms with Gasteiger partial charge in [0.15, 0.2) is 4.34 Å². The molecule has 5 nitrogen and oxygen atoms in total. The molecule has 0 fully saturated rings. The predicted molar refractivity (Wildman–Crippen MR) is 100 cm³/mol. The number of nitrogens with zero attached hydrogens (tertiary/aromatic N) is 2. The zero-order chi connectivity index (χ0) is 16.7. The van der Waals surface area contributed by atoms with Crippen LogP contribution in [0.2, 0.25) is 0 Å². The highest BCUT2D eigenvalue weighted by Gasteiger charge is 2.11. The fraction of sp³-hybridized carbons (Fsp3) is 0.267. The van der Waals surface area contributed by atoms with E-state index in [0.717, 1.165) is 19.5 Å². The molecule has 2 rings (SSSR count). The quantitative estimate of drug-likeness (QED) is 0.508. The summed E-state index contributed by atoms with van der Waals surface area (Å²) in [5.41, 5.74) is 1.07. The zero-order valence-electron chi connectivity index (χ0n) is 12.6. The number of amides is 1. The fourth-order valence-corrected chi connectivity index (χ4v) is 3.58. The molecule has 23 heavy (non-hydrogen) atoms. The van der Waals surface area contributed by atoms with Gasteiger partial charge in [0, 0.05) is 11.0 Å². The number of carbonyl (C=O) groups is 1. The molecule has 1 heterocycles. The molecule has 0 aliphatic rings. The first-order valence-corrected chi connectivity index (χ1v) is 9.54. The largest absolute Gasteiger partial charge is 0.357 e. The molecule has 1 unspecified atom stereocenters.